The van der Waals surface area contributed by atoms with Gasteiger partial charge in [0.2, 0.25) is 5.44 Å². The minimum atomic E-state index is -4.81. The van der Waals surface area contributed by atoms with E-state index in [-0.39, 0.29) is 32.6 Å². The van der Waals surface area contributed by atoms with Crippen LogP contribution in [0.4, 0.5) is 13.2 Å². The predicted molar refractivity (Wildman–Crippen MR) is 118 cm³/mol. The first-order valence-corrected chi connectivity index (χ1v) is 11.8. The Balaban J connectivity index is 1.57. The lowest BCUT2D eigenvalue weighted by Gasteiger charge is -2.34. The molecule has 0 bridgehead atoms. The maximum Gasteiger partial charge on any atom is 0.435 e. The lowest BCUT2D eigenvalue weighted by atomic mass is 9.86. The third-order valence-corrected chi connectivity index (χ3v) is 7.58. The molecular weight excluding hydrogens is 504 g/mol. The molecule has 1 saturated heterocycles. The number of alkyl halides is 3. The van der Waals surface area contributed by atoms with E-state index in [1.54, 1.807) is 6.92 Å². The van der Waals surface area contributed by atoms with Crippen molar-refractivity contribution in [2.75, 3.05) is 5.75 Å². The summed E-state index contributed by atoms with van der Waals surface area (Å²) in [6, 6.07) is 7.44. The lowest BCUT2D eigenvalue weighted by molar-refractivity contribution is -0.275. The van der Waals surface area contributed by atoms with Gasteiger partial charge in [0.15, 0.2) is 0 Å². The second-order valence-electron chi connectivity index (χ2n) is 7.84. The first-order valence-electron chi connectivity index (χ1n) is 9.67. The molecule has 1 amide bonds. The molecule has 176 valence electrons. The summed E-state index contributed by atoms with van der Waals surface area (Å²) in [6.07, 6.45) is -5.43. The zero-order chi connectivity index (χ0) is 24.1. The number of aryl methyl sites for hydroxylation is 1. The zero-order valence-electron chi connectivity index (χ0n) is 17.0. The predicted octanol–water partition coefficient (Wildman–Crippen LogP) is 4.06. The highest BCUT2D eigenvalue weighted by molar-refractivity contribution is 7.93. The molecule has 2 N–H and O–H groups in total. The summed E-state index contributed by atoms with van der Waals surface area (Å²) in [5.41, 5.74) is -2.98. The van der Waals surface area contributed by atoms with Gasteiger partial charge in [-0.25, -0.2) is 0 Å². The third kappa shape index (κ3) is 4.42. The van der Waals surface area contributed by atoms with Crippen LogP contribution in [0.1, 0.15) is 33.5 Å². The molecule has 2 aromatic carbocycles. The molecule has 0 saturated carbocycles. The molecule has 2 heterocycles. The van der Waals surface area contributed by atoms with Crippen LogP contribution in [-0.2, 0) is 21.6 Å². The molecule has 2 aliphatic heterocycles. The smallest absolute Gasteiger partial charge is 0.435 e. The van der Waals surface area contributed by atoms with Crippen LogP contribution >= 0.6 is 23.2 Å². The normalized spacial score (nSPS) is 26.9. The van der Waals surface area contributed by atoms with Crippen molar-refractivity contribution in [1.29, 1.82) is 0 Å². The van der Waals surface area contributed by atoms with Gasteiger partial charge in [-0.05, 0) is 59.6 Å². The van der Waals surface area contributed by atoms with Crippen LogP contribution in [0.25, 0.3) is 0 Å². The summed E-state index contributed by atoms with van der Waals surface area (Å²) in [6.45, 7) is 1.62. The van der Waals surface area contributed by atoms with E-state index < -0.39 is 46.8 Å². The number of oxime groups is 1. The molecular formula is C21H17Cl2F3N2O4S. The highest BCUT2D eigenvalue weighted by atomic mass is 35.5. The van der Waals surface area contributed by atoms with Crippen molar-refractivity contribution in [2.24, 2.45) is 5.16 Å². The third-order valence-electron chi connectivity index (χ3n) is 5.59. The lowest BCUT2D eigenvalue weighted by Crippen LogP contribution is -2.60. The Morgan fingerprint density at radius 2 is 1.94 bits per heavy atom. The van der Waals surface area contributed by atoms with Crippen molar-refractivity contribution in [1.82, 2.24) is 5.32 Å². The fourth-order valence-electron chi connectivity index (χ4n) is 3.72. The van der Waals surface area contributed by atoms with Gasteiger partial charge in [-0.2, -0.15) is 13.2 Å². The number of carbonyl (C=O) groups excluding carboxylic acids is 1. The number of carbonyl (C=O) groups is 1. The Labute approximate surface area is 199 Å². The van der Waals surface area contributed by atoms with E-state index in [2.05, 4.69) is 10.5 Å². The molecule has 6 nitrogen and oxygen atoms in total. The number of hydrogen-bond acceptors (Lipinski definition) is 5. The van der Waals surface area contributed by atoms with Crippen LogP contribution in [0.2, 0.25) is 10.0 Å². The van der Waals surface area contributed by atoms with Crippen molar-refractivity contribution in [2.45, 2.75) is 36.6 Å². The second-order valence-corrected chi connectivity index (χ2v) is 10.3. The Morgan fingerprint density at radius 3 is 2.48 bits per heavy atom. The molecule has 0 radical (unpaired) electrons. The summed E-state index contributed by atoms with van der Waals surface area (Å²) in [7, 11) is 0. The number of hydrogen-bond donors (Lipinski definition) is 2. The monoisotopic (exact) mass is 520 g/mol. The highest BCUT2D eigenvalue weighted by Gasteiger charge is 2.62. The molecule has 1 fully saturated rings. The van der Waals surface area contributed by atoms with E-state index in [1.807, 2.05) is 0 Å². The molecule has 2 aromatic rings. The summed E-state index contributed by atoms with van der Waals surface area (Å²) in [4.78, 5) is 17.5. The molecule has 4 atom stereocenters. The molecule has 4 rings (SSSR count). The van der Waals surface area contributed by atoms with E-state index in [9.17, 15) is 27.6 Å². The fourth-order valence-corrected chi connectivity index (χ4v) is 5.24. The average molecular weight is 521 g/mol. The largest absolute Gasteiger partial charge is 0.614 e. The van der Waals surface area contributed by atoms with Gasteiger partial charge in [0.25, 0.3) is 11.5 Å². The number of rotatable bonds is 4. The molecule has 2 aliphatic rings. The van der Waals surface area contributed by atoms with Crippen LogP contribution in [0, 0.1) is 6.92 Å². The SMILES string of the molecule is Cc1cc(C2=NOC(c3cc(Cl)cc(Cl)c3)(C(F)(F)F)C2)ccc1C(=O)NC1C[S+]([O-])C1O. The van der Waals surface area contributed by atoms with E-state index in [0.717, 1.165) is 12.1 Å². The highest BCUT2D eigenvalue weighted by Crippen LogP contribution is 2.49. The molecule has 12 heteroatoms. The summed E-state index contributed by atoms with van der Waals surface area (Å²) >= 11 is 10.4. The maximum absolute atomic E-state index is 14.1. The van der Waals surface area contributed by atoms with E-state index in [1.165, 1.54) is 24.3 Å². The minimum Gasteiger partial charge on any atom is -0.614 e. The number of halogens is 5. The van der Waals surface area contributed by atoms with Gasteiger partial charge in [-0.3, -0.25) is 4.79 Å². The van der Waals surface area contributed by atoms with E-state index in [4.69, 9.17) is 28.0 Å². The Kier molecular flexibility index (Phi) is 6.34. The first kappa shape index (κ1) is 24.2. The molecule has 33 heavy (non-hydrogen) atoms. The number of aliphatic hydroxyl groups excluding tert-OH is 1. The molecule has 0 aliphatic carbocycles. The van der Waals surface area contributed by atoms with Gasteiger partial charge in [0, 0.05) is 27.6 Å². The standard InChI is InChI=1S/C21H17Cl2F3N2O4S/c1-10-4-11(2-3-15(10)18(29)27-17-9-33(31)19(17)30)16-8-20(32-28-16,21(24,25)26)12-5-13(22)7-14(23)6-12/h2-7,17,19,30H,8-9H2,1H3,(H,27,29). The Bertz CT molecular complexity index is 1130. The molecule has 0 aromatic heterocycles. The topological polar surface area (TPSA) is 94.0 Å². The van der Waals surface area contributed by atoms with Crippen molar-refractivity contribution in [3.63, 3.8) is 0 Å². The van der Waals surface area contributed by atoms with Gasteiger partial charge < -0.3 is 19.8 Å². The molecule has 4 unspecified atom stereocenters. The summed E-state index contributed by atoms with van der Waals surface area (Å²) in [5.74, 6) is -0.326. The summed E-state index contributed by atoms with van der Waals surface area (Å²) in [5, 5.41) is 16.0. The Hall–Kier alpha value is -1.98. The second kappa shape index (κ2) is 8.66. The van der Waals surface area contributed by atoms with Gasteiger partial charge in [0.05, 0.1) is 5.71 Å². The van der Waals surface area contributed by atoms with Gasteiger partial charge in [-0.15, -0.1) is 0 Å². The zero-order valence-corrected chi connectivity index (χ0v) is 19.3. The fraction of sp³-hybridized carbons (Fsp3) is 0.333. The van der Waals surface area contributed by atoms with Gasteiger partial charge >= 0.3 is 6.18 Å². The van der Waals surface area contributed by atoms with Gasteiger partial charge in [-0.1, -0.05) is 34.4 Å². The number of nitrogens with zero attached hydrogens (tertiary/aromatic N) is 1. The quantitative estimate of drug-likeness (QED) is 0.594. The van der Waals surface area contributed by atoms with Crippen molar-refractivity contribution in [3.8, 4) is 0 Å². The summed E-state index contributed by atoms with van der Waals surface area (Å²) < 4.78 is 53.7. The van der Waals surface area contributed by atoms with Crippen LogP contribution in [-0.4, -0.2) is 44.7 Å². The van der Waals surface area contributed by atoms with Crippen molar-refractivity contribution in [3.05, 3.63) is 68.7 Å². The number of benzene rings is 2. The van der Waals surface area contributed by atoms with Crippen molar-refractivity contribution < 1.29 is 32.5 Å². The van der Waals surface area contributed by atoms with Crippen LogP contribution in [0.3, 0.4) is 0 Å². The van der Waals surface area contributed by atoms with E-state index >= 15 is 0 Å². The maximum atomic E-state index is 14.1. The number of nitrogens with one attached hydrogen (secondary N) is 1. The molecule has 0 spiro atoms. The van der Waals surface area contributed by atoms with Crippen LogP contribution < -0.4 is 5.32 Å². The van der Waals surface area contributed by atoms with E-state index in [0.29, 0.717) is 11.1 Å². The Morgan fingerprint density at radius 1 is 1.27 bits per heavy atom. The first-order chi connectivity index (χ1) is 15.4. The minimum absolute atomic E-state index is 0.0322. The van der Waals surface area contributed by atoms with Gasteiger partial charge in [0.1, 0.15) is 11.8 Å². The number of amides is 1. The average Bonchev–Trinajstić information content (AvgIpc) is 3.19. The van der Waals surface area contributed by atoms with Crippen molar-refractivity contribution >= 4 is 46.0 Å². The number of aliphatic hydroxyl groups is 1. The van der Waals surface area contributed by atoms with Crippen LogP contribution in [0.5, 0.6) is 0 Å². The van der Waals surface area contributed by atoms with Crippen LogP contribution in [0.15, 0.2) is 41.6 Å².